The second-order valence-corrected chi connectivity index (χ2v) is 7.44. The van der Waals surface area contributed by atoms with E-state index < -0.39 is 11.6 Å². The number of aromatic nitrogens is 5. The molecule has 140 valence electrons. The lowest BCUT2D eigenvalue weighted by Gasteiger charge is -2.33. The van der Waals surface area contributed by atoms with E-state index in [9.17, 15) is 13.6 Å². The van der Waals surface area contributed by atoms with E-state index in [0.717, 1.165) is 17.8 Å². The lowest BCUT2D eigenvalue weighted by molar-refractivity contribution is 0.0592. The van der Waals surface area contributed by atoms with Crippen molar-refractivity contribution in [3.05, 3.63) is 57.9 Å². The minimum absolute atomic E-state index is 0.0181. The lowest BCUT2D eigenvalue weighted by Crippen LogP contribution is -2.41. The van der Waals surface area contributed by atoms with Gasteiger partial charge in [0, 0.05) is 25.3 Å². The van der Waals surface area contributed by atoms with Crippen LogP contribution >= 0.6 is 11.7 Å². The van der Waals surface area contributed by atoms with Crippen LogP contribution in [0.2, 0.25) is 0 Å². The molecular weight excluding hydrogens is 376 g/mol. The average Bonchev–Trinajstić information content (AvgIpc) is 3.29. The summed E-state index contributed by atoms with van der Waals surface area (Å²) in [4.78, 5) is 12.9. The van der Waals surface area contributed by atoms with Crippen molar-refractivity contribution >= 4 is 11.7 Å². The van der Waals surface area contributed by atoms with Crippen LogP contribution in [-0.2, 0) is 6.42 Å². The molecule has 0 N–H and O–H groups in total. The van der Waals surface area contributed by atoms with Gasteiger partial charge in [-0.15, -0.1) is 4.37 Å². The fourth-order valence-corrected chi connectivity index (χ4v) is 4.20. The van der Waals surface area contributed by atoms with Crippen LogP contribution in [0.3, 0.4) is 0 Å². The molecule has 1 atom stereocenters. The third-order valence-corrected chi connectivity index (χ3v) is 5.63. The maximum absolute atomic E-state index is 13.6. The van der Waals surface area contributed by atoms with Crippen molar-refractivity contribution in [2.45, 2.75) is 43.9 Å². The van der Waals surface area contributed by atoms with Gasteiger partial charge in [0.05, 0.1) is 23.8 Å². The number of ether oxygens (including phenoxy) is 1. The maximum Gasteiger partial charge on any atom is 0.346 e. The average molecular weight is 391 g/mol. The Bertz CT molecular complexity index is 1020. The van der Waals surface area contributed by atoms with E-state index in [1.165, 1.54) is 16.8 Å². The molecule has 0 bridgehead atoms. The standard InChI is InChI=1S/C17H15F2N5O2S/c18-10-3-9(4-11(19)5-10)14-1-2-15-21-24(17(25)23(14)15)12-6-13(7-12)26-16-8-20-27-22-16/h3-5,8,12-14H,1-2,6-7H2/t12-,13-,14-/m0/s1. The minimum Gasteiger partial charge on any atom is -0.472 e. The molecule has 0 unspecified atom stereocenters. The van der Waals surface area contributed by atoms with Gasteiger partial charge in [-0.05, 0) is 24.1 Å². The smallest absolute Gasteiger partial charge is 0.346 e. The maximum atomic E-state index is 13.6. The van der Waals surface area contributed by atoms with Gasteiger partial charge in [0.25, 0.3) is 0 Å². The van der Waals surface area contributed by atoms with Crippen molar-refractivity contribution in [1.29, 1.82) is 0 Å². The second kappa shape index (κ2) is 6.22. The zero-order chi connectivity index (χ0) is 18.5. The van der Waals surface area contributed by atoms with Gasteiger partial charge in [0.1, 0.15) is 29.8 Å². The van der Waals surface area contributed by atoms with Gasteiger partial charge in [-0.25, -0.2) is 18.3 Å². The predicted molar refractivity (Wildman–Crippen MR) is 91.9 cm³/mol. The van der Waals surface area contributed by atoms with Crippen molar-refractivity contribution in [2.24, 2.45) is 0 Å². The summed E-state index contributed by atoms with van der Waals surface area (Å²) in [6, 6.07) is 2.96. The summed E-state index contributed by atoms with van der Waals surface area (Å²) in [7, 11) is 0. The van der Waals surface area contributed by atoms with Crippen LogP contribution in [0.25, 0.3) is 0 Å². The molecule has 2 aliphatic rings. The third-order valence-electron chi connectivity index (χ3n) is 5.17. The van der Waals surface area contributed by atoms with Crippen LogP contribution in [0.5, 0.6) is 5.88 Å². The first kappa shape index (κ1) is 16.5. The number of hydrogen-bond donors (Lipinski definition) is 0. The molecular formula is C17H15F2N5O2S. The van der Waals surface area contributed by atoms with Crippen molar-refractivity contribution in [3.63, 3.8) is 0 Å². The predicted octanol–water partition coefficient (Wildman–Crippen LogP) is 2.49. The molecule has 7 nitrogen and oxygen atoms in total. The van der Waals surface area contributed by atoms with Crippen molar-refractivity contribution in [1.82, 2.24) is 23.1 Å². The first-order valence-corrected chi connectivity index (χ1v) is 9.41. The number of halogens is 2. The lowest BCUT2D eigenvalue weighted by atomic mass is 9.89. The van der Waals surface area contributed by atoms with E-state index in [0.29, 0.717) is 43.0 Å². The Labute approximate surface area is 156 Å². The molecule has 2 aromatic heterocycles. The summed E-state index contributed by atoms with van der Waals surface area (Å²) in [5.74, 6) is -0.136. The first-order valence-electron chi connectivity index (χ1n) is 8.68. The van der Waals surface area contributed by atoms with E-state index in [2.05, 4.69) is 13.8 Å². The molecule has 1 saturated carbocycles. The zero-order valence-corrected chi connectivity index (χ0v) is 14.9. The van der Waals surface area contributed by atoms with E-state index in [1.54, 1.807) is 10.8 Å². The van der Waals surface area contributed by atoms with Crippen LogP contribution in [0.1, 0.15) is 42.7 Å². The number of fused-ring (bicyclic) bond motifs is 1. The fourth-order valence-electron chi connectivity index (χ4n) is 3.85. The largest absolute Gasteiger partial charge is 0.472 e. The Morgan fingerprint density at radius 1 is 1.19 bits per heavy atom. The molecule has 0 radical (unpaired) electrons. The van der Waals surface area contributed by atoms with Crippen LogP contribution < -0.4 is 10.4 Å². The molecule has 3 aromatic rings. The normalized spacial score (nSPS) is 23.9. The first-order chi connectivity index (χ1) is 13.1. The molecule has 1 aromatic carbocycles. The van der Waals surface area contributed by atoms with Crippen LogP contribution in [0, 0.1) is 11.6 Å². The third kappa shape index (κ3) is 2.84. The highest BCUT2D eigenvalue weighted by Gasteiger charge is 2.38. The van der Waals surface area contributed by atoms with E-state index in [1.807, 2.05) is 0 Å². The molecule has 1 aliphatic carbocycles. The van der Waals surface area contributed by atoms with E-state index >= 15 is 0 Å². The molecule has 10 heteroatoms. The van der Waals surface area contributed by atoms with Crippen molar-refractivity contribution < 1.29 is 13.5 Å². The molecule has 5 rings (SSSR count). The molecule has 1 aliphatic heterocycles. The summed E-state index contributed by atoms with van der Waals surface area (Å²) < 4.78 is 43.8. The number of rotatable bonds is 4. The summed E-state index contributed by atoms with van der Waals surface area (Å²) in [5.41, 5.74) is 0.217. The SMILES string of the molecule is O=c1n2c(nn1[C@H]1C[C@H](Oc3cnsn3)C1)CC[C@H]2c1cc(F)cc(F)c1. The number of hydrogen-bond acceptors (Lipinski definition) is 6. The Balaban J connectivity index is 1.37. The van der Waals surface area contributed by atoms with E-state index in [-0.39, 0.29) is 23.9 Å². The van der Waals surface area contributed by atoms with E-state index in [4.69, 9.17) is 4.74 Å². The zero-order valence-electron chi connectivity index (χ0n) is 14.1. The molecule has 0 saturated heterocycles. The van der Waals surface area contributed by atoms with Gasteiger partial charge >= 0.3 is 5.69 Å². The monoisotopic (exact) mass is 391 g/mol. The number of benzene rings is 1. The molecule has 27 heavy (non-hydrogen) atoms. The van der Waals surface area contributed by atoms with Crippen molar-refractivity contribution in [3.8, 4) is 5.88 Å². The second-order valence-electron chi connectivity index (χ2n) is 6.88. The highest BCUT2D eigenvalue weighted by atomic mass is 32.1. The Hall–Kier alpha value is -2.62. The van der Waals surface area contributed by atoms with Gasteiger partial charge in [0.2, 0.25) is 5.88 Å². The van der Waals surface area contributed by atoms with Crippen LogP contribution in [-0.4, -0.2) is 29.2 Å². The van der Waals surface area contributed by atoms with Gasteiger partial charge in [-0.1, -0.05) is 0 Å². The Kier molecular flexibility index (Phi) is 3.81. The van der Waals surface area contributed by atoms with Crippen molar-refractivity contribution in [2.75, 3.05) is 0 Å². The summed E-state index contributed by atoms with van der Waals surface area (Å²) in [6.45, 7) is 0. The summed E-state index contributed by atoms with van der Waals surface area (Å²) >= 11 is 1.08. The number of aryl methyl sites for hydroxylation is 1. The molecule has 0 amide bonds. The van der Waals surface area contributed by atoms with Gasteiger partial charge in [-0.2, -0.15) is 9.47 Å². The van der Waals surface area contributed by atoms with Crippen LogP contribution in [0.4, 0.5) is 8.78 Å². The van der Waals surface area contributed by atoms with Gasteiger partial charge < -0.3 is 4.74 Å². The Morgan fingerprint density at radius 3 is 2.67 bits per heavy atom. The topological polar surface area (TPSA) is 74.8 Å². The van der Waals surface area contributed by atoms with Gasteiger partial charge in [0.15, 0.2) is 0 Å². The summed E-state index contributed by atoms with van der Waals surface area (Å²) in [6.07, 6.45) is 4.07. The number of nitrogens with zero attached hydrogens (tertiary/aromatic N) is 5. The minimum atomic E-state index is -0.644. The summed E-state index contributed by atoms with van der Waals surface area (Å²) in [5, 5.41) is 4.46. The molecule has 3 heterocycles. The molecule has 1 fully saturated rings. The Morgan fingerprint density at radius 2 is 1.96 bits per heavy atom. The highest BCUT2D eigenvalue weighted by Crippen LogP contribution is 2.36. The quantitative estimate of drug-likeness (QED) is 0.683. The highest BCUT2D eigenvalue weighted by molar-refractivity contribution is 6.99. The van der Waals surface area contributed by atoms with Gasteiger partial charge in [-0.3, -0.25) is 4.57 Å². The fraction of sp³-hybridized carbons (Fsp3) is 0.412. The molecule has 0 spiro atoms. The van der Waals surface area contributed by atoms with Crippen LogP contribution in [0.15, 0.2) is 29.2 Å².